The summed E-state index contributed by atoms with van der Waals surface area (Å²) in [5.74, 6) is 0.165. The molecule has 1 fully saturated rings. The molecule has 0 spiro atoms. The SMILES string of the molecule is CC(=O)N(C)C(C)CCCN(C)C1CC1. The largest absolute Gasteiger partial charge is 0.343 e. The molecule has 3 nitrogen and oxygen atoms in total. The number of hydrogen-bond donors (Lipinski definition) is 0. The number of carbonyl (C=O) groups excluding carboxylic acids is 1. The van der Waals surface area contributed by atoms with Crippen LogP contribution in [0.3, 0.4) is 0 Å². The normalized spacial score (nSPS) is 17.9. The lowest BCUT2D eigenvalue weighted by Gasteiger charge is -2.24. The lowest BCUT2D eigenvalue weighted by atomic mass is 10.1. The van der Waals surface area contributed by atoms with Gasteiger partial charge in [-0.05, 0) is 46.2 Å². The molecule has 0 aliphatic heterocycles. The van der Waals surface area contributed by atoms with Crippen LogP contribution in [0.2, 0.25) is 0 Å². The smallest absolute Gasteiger partial charge is 0.219 e. The standard InChI is InChI=1S/C12H24N2O/c1-10(14(4)11(2)15)6-5-9-13(3)12-7-8-12/h10,12H,5-9H2,1-4H3. The molecule has 0 aromatic rings. The molecule has 1 aliphatic rings. The highest BCUT2D eigenvalue weighted by atomic mass is 16.2. The first-order valence-corrected chi connectivity index (χ1v) is 5.96. The van der Waals surface area contributed by atoms with Gasteiger partial charge in [-0.2, -0.15) is 0 Å². The number of rotatable bonds is 6. The van der Waals surface area contributed by atoms with E-state index in [9.17, 15) is 4.79 Å². The summed E-state index contributed by atoms with van der Waals surface area (Å²) >= 11 is 0. The third-order valence-corrected chi connectivity index (χ3v) is 3.46. The summed E-state index contributed by atoms with van der Waals surface area (Å²) in [5, 5.41) is 0. The summed E-state index contributed by atoms with van der Waals surface area (Å²) in [6.07, 6.45) is 5.04. The molecule has 1 amide bonds. The van der Waals surface area contributed by atoms with Crippen molar-refractivity contribution in [3.8, 4) is 0 Å². The second kappa shape index (κ2) is 5.50. The van der Waals surface area contributed by atoms with E-state index in [4.69, 9.17) is 0 Å². The van der Waals surface area contributed by atoms with Crippen LogP contribution in [-0.4, -0.2) is 48.4 Å². The Hall–Kier alpha value is -0.570. The number of hydrogen-bond acceptors (Lipinski definition) is 2. The van der Waals surface area contributed by atoms with E-state index in [1.807, 2.05) is 11.9 Å². The molecule has 0 aromatic heterocycles. The van der Waals surface area contributed by atoms with Gasteiger partial charge < -0.3 is 9.80 Å². The van der Waals surface area contributed by atoms with Crippen LogP contribution < -0.4 is 0 Å². The Morgan fingerprint density at radius 2 is 2.00 bits per heavy atom. The Kier molecular flexibility index (Phi) is 4.58. The first-order chi connectivity index (χ1) is 7.02. The van der Waals surface area contributed by atoms with Gasteiger partial charge >= 0.3 is 0 Å². The van der Waals surface area contributed by atoms with Gasteiger partial charge in [-0.1, -0.05) is 0 Å². The molecule has 3 heteroatoms. The molecule has 0 radical (unpaired) electrons. The fraction of sp³-hybridized carbons (Fsp3) is 0.917. The predicted molar refractivity (Wildman–Crippen MR) is 62.8 cm³/mol. The van der Waals surface area contributed by atoms with Crippen LogP contribution in [0.4, 0.5) is 0 Å². The Balaban J connectivity index is 2.10. The lowest BCUT2D eigenvalue weighted by Crippen LogP contribution is -2.34. The molecule has 1 aliphatic carbocycles. The van der Waals surface area contributed by atoms with Crippen LogP contribution in [0.15, 0.2) is 0 Å². The van der Waals surface area contributed by atoms with E-state index in [1.54, 1.807) is 6.92 Å². The van der Waals surface area contributed by atoms with Gasteiger partial charge in [0.25, 0.3) is 0 Å². The molecule has 0 saturated heterocycles. The second-order valence-corrected chi connectivity index (χ2v) is 4.83. The van der Waals surface area contributed by atoms with E-state index in [0.717, 1.165) is 12.5 Å². The second-order valence-electron chi connectivity index (χ2n) is 4.83. The molecule has 0 aromatic carbocycles. The first-order valence-electron chi connectivity index (χ1n) is 5.96. The minimum absolute atomic E-state index is 0.165. The van der Waals surface area contributed by atoms with E-state index in [1.165, 1.54) is 25.8 Å². The van der Waals surface area contributed by atoms with Crippen LogP contribution in [0.25, 0.3) is 0 Å². The van der Waals surface area contributed by atoms with Crippen molar-refractivity contribution in [2.75, 3.05) is 20.6 Å². The maximum Gasteiger partial charge on any atom is 0.219 e. The summed E-state index contributed by atoms with van der Waals surface area (Å²) in [5.41, 5.74) is 0. The van der Waals surface area contributed by atoms with E-state index in [0.29, 0.717) is 6.04 Å². The molecular formula is C12H24N2O. The highest BCUT2D eigenvalue weighted by Crippen LogP contribution is 2.25. The maximum absolute atomic E-state index is 11.1. The van der Waals surface area contributed by atoms with Gasteiger partial charge in [0.15, 0.2) is 0 Å². The van der Waals surface area contributed by atoms with Crippen molar-refractivity contribution in [1.82, 2.24) is 9.80 Å². The van der Waals surface area contributed by atoms with E-state index in [-0.39, 0.29) is 5.91 Å². The topological polar surface area (TPSA) is 23.6 Å². The molecule has 1 unspecified atom stereocenters. The van der Waals surface area contributed by atoms with E-state index < -0.39 is 0 Å². The maximum atomic E-state index is 11.1. The first kappa shape index (κ1) is 12.5. The summed E-state index contributed by atoms with van der Waals surface area (Å²) < 4.78 is 0. The number of amides is 1. The zero-order chi connectivity index (χ0) is 11.4. The predicted octanol–water partition coefficient (Wildman–Crippen LogP) is 1.73. The fourth-order valence-electron chi connectivity index (χ4n) is 1.84. The lowest BCUT2D eigenvalue weighted by molar-refractivity contribution is -0.129. The minimum Gasteiger partial charge on any atom is -0.343 e. The van der Waals surface area contributed by atoms with Crippen LogP contribution in [0.5, 0.6) is 0 Å². The summed E-state index contributed by atoms with van der Waals surface area (Å²) in [6, 6.07) is 1.22. The summed E-state index contributed by atoms with van der Waals surface area (Å²) in [6.45, 7) is 4.92. The van der Waals surface area contributed by atoms with Gasteiger partial charge in [-0.3, -0.25) is 4.79 Å². The third-order valence-electron chi connectivity index (χ3n) is 3.46. The zero-order valence-electron chi connectivity index (χ0n) is 10.5. The van der Waals surface area contributed by atoms with Crippen LogP contribution >= 0.6 is 0 Å². The van der Waals surface area contributed by atoms with Gasteiger partial charge in [0.2, 0.25) is 5.91 Å². The third kappa shape index (κ3) is 4.20. The van der Waals surface area contributed by atoms with Gasteiger partial charge in [0.1, 0.15) is 0 Å². The average molecular weight is 212 g/mol. The molecule has 0 bridgehead atoms. The highest BCUT2D eigenvalue weighted by molar-refractivity contribution is 5.73. The molecule has 88 valence electrons. The summed E-state index contributed by atoms with van der Waals surface area (Å²) in [7, 11) is 4.09. The Bertz CT molecular complexity index is 214. The molecular weight excluding hydrogens is 188 g/mol. The van der Waals surface area contributed by atoms with Crippen molar-refractivity contribution in [3.05, 3.63) is 0 Å². The van der Waals surface area contributed by atoms with E-state index in [2.05, 4.69) is 18.9 Å². The molecule has 15 heavy (non-hydrogen) atoms. The molecule has 1 saturated carbocycles. The molecule has 1 atom stereocenters. The molecule has 0 N–H and O–H groups in total. The molecule has 0 heterocycles. The minimum atomic E-state index is 0.165. The number of carbonyl (C=O) groups is 1. The van der Waals surface area contributed by atoms with Gasteiger partial charge in [0.05, 0.1) is 0 Å². The van der Waals surface area contributed by atoms with Crippen molar-refractivity contribution in [2.24, 2.45) is 0 Å². The van der Waals surface area contributed by atoms with Crippen LogP contribution in [0.1, 0.15) is 39.5 Å². The number of nitrogens with zero attached hydrogens (tertiary/aromatic N) is 2. The van der Waals surface area contributed by atoms with Gasteiger partial charge in [-0.15, -0.1) is 0 Å². The van der Waals surface area contributed by atoms with Gasteiger partial charge in [-0.25, -0.2) is 0 Å². The summed E-state index contributed by atoms with van der Waals surface area (Å²) in [4.78, 5) is 15.4. The Morgan fingerprint density at radius 3 is 2.47 bits per heavy atom. The Morgan fingerprint density at radius 1 is 1.40 bits per heavy atom. The average Bonchev–Trinajstić information content (AvgIpc) is 2.99. The van der Waals surface area contributed by atoms with Crippen molar-refractivity contribution >= 4 is 5.91 Å². The monoisotopic (exact) mass is 212 g/mol. The zero-order valence-corrected chi connectivity index (χ0v) is 10.5. The quantitative estimate of drug-likeness (QED) is 0.669. The molecule has 1 rings (SSSR count). The Labute approximate surface area is 93.4 Å². The highest BCUT2D eigenvalue weighted by Gasteiger charge is 2.25. The van der Waals surface area contributed by atoms with Crippen molar-refractivity contribution in [2.45, 2.75) is 51.6 Å². The van der Waals surface area contributed by atoms with Gasteiger partial charge in [0, 0.05) is 26.1 Å². The van der Waals surface area contributed by atoms with Crippen LogP contribution in [-0.2, 0) is 4.79 Å². The fourth-order valence-corrected chi connectivity index (χ4v) is 1.84. The van der Waals surface area contributed by atoms with Crippen molar-refractivity contribution in [3.63, 3.8) is 0 Å². The van der Waals surface area contributed by atoms with Crippen LogP contribution in [0, 0.1) is 0 Å². The van der Waals surface area contributed by atoms with Crippen molar-refractivity contribution in [1.29, 1.82) is 0 Å². The van der Waals surface area contributed by atoms with Crippen molar-refractivity contribution < 1.29 is 4.79 Å². The van der Waals surface area contributed by atoms with E-state index >= 15 is 0 Å².